The molecule has 2 aromatic heterocycles. The number of carbonyl (C=O) groups is 2. The first-order valence-corrected chi connectivity index (χ1v) is 37.6. The molecule has 10 atom stereocenters. The highest BCUT2D eigenvalue weighted by Gasteiger charge is 2.46. The smallest absolute Gasteiger partial charge is 0.407 e. The SMILES string of the molecule is CC(C)CN(C[C@@H](O)[C@H](Cc1ccc(OCCCN)cc1)NC(=O)O[C@H]1CO[C@H]2OCC[C@H]21)S(=O)(=O)c1ccc2c(c1)OCO2.CC(C)CN(C[C@@H](O)[C@H](Cc1ccc(OCCCNc2ncccn2)cc1)NC(=O)O[C@@H]1CO[C@H]2OCC[C@H]21)S(=O)(=O)c1ccc2c(c1)OCO2.Clc1ncccn1. The minimum Gasteiger partial charge on any atom is -0.494 e. The zero-order valence-electron chi connectivity index (χ0n) is 57.8. The van der Waals surface area contributed by atoms with E-state index in [1.54, 1.807) is 61.2 Å². The van der Waals surface area contributed by atoms with Crippen LogP contribution < -0.4 is 50.1 Å². The van der Waals surface area contributed by atoms with Gasteiger partial charge in [0.1, 0.15) is 23.7 Å². The molecule has 6 aromatic rings. The highest BCUT2D eigenvalue weighted by atomic mass is 35.5. The molecule has 6 aliphatic rings. The minimum atomic E-state index is -4.08. The first-order chi connectivity index (χ1) is 49.7. The lowest BCUT2D eigenvalue weighted by Gasteiger charge is -2.31. The zero-order valence-corrected chi connectivity index (χ0v) is 60.2. The first kappa shape index (κ1) is 77.6. The van der Waals surface area contributed by atoms with Gasteiger partial charge in [0.05, 0.1) is 85.6 Å². The summed E-state index contributed by atoms with van der Waals surface area (Å²) in [5, 5.41) is 32.3. The summed E-state index contributed by atoms with van der Waals surface area (Å²) in [7, 11) is -8.13. The number of aliphatic hydroxyl groups is 2. The number of aromatic nitrogens is 4. The van der Waals surface area contributed by atoms with Crippen LogP contribution in [-0.2, 0) is 61.3 Å². The van der Waals surface area contributed by atoms with Crippen LogP contribution in [0.15, 0.2) is 132 Å². The van der Waals surface area contributed by atoms with E-state index in [1.807, 2.05) is 64.1 Å². The normalized spacial score (nSPS) is 20.4. The van der Waals surface area contributed by atoms with Crippen molar-refractivity contribution in [2.45, 2.75) is 125 Å². The monoisotopic (exact) mass is 1490 g/mol. The number of ether oxygens (including phenoxy) is 12. The molecule has 4 saturated heterocycles. The molecule has 0 unspecified atom stereocenters. The molecule has 33 heteroatoms. The van der Waals surface area contributed by atoms with E-state index in [0.29, 0.717) is 91.7 Å². The lowest BCUT2D eigenvalue weighted by atomic mass is 10.0. The number of alkyl carbamates (subject to hydrolysis) is 2. The van der Waals surface area contributed by atoms with Crippen LogP contribution >= 0.6 is 11.6 Å². The number of hydrogen-bond donors (Lipinski definition) is 6. The first-order valence-electron chi connectivity index (χ1n) is 34.3. The maximum Gasteiger partial charge on any atom is 0.407 e. The van der Waals surface area contributed by atoms with Crippen LogP contribution in [0.3, 0.4) is 0 Å². The van der Waals surface area contributed by atoms with Gasteiger partial charge in [-0.15, -0.1) is 0 Å². The number of halogens is 1. The van der Waals surface area contributed by atoms with Crippen LogP contribution in [0.1, 0.15) is 64.5 Å². The molecular formula is C70H91ClN10O20S2. The Morgan fingerprint density at radius 2 is 1.01 bits per heavy atom. The predicted molar refractivity (Wildman–Crippen MR) is 373 cm³/mol. The minimum absolute atomic E-state index is 0.00723. The largest absolute Gasteiger partial charge is 0.494 e. The number of nitrogens with zero attached hydrogens (tertiary/aromatic N) is 6. The summed E-state index contributed by atoms with van der Waals surface area (Å²) in [5.41, 5.74) is 7.13. The van der Waals surface area contributed by atoms with Crippen molar-refractivity contribution >= 4 is 49.8 Å². The molecule has 4 fully saturated rings. The molecule has 0 saturated carbocycles. The number of benzene rings is 4. The van der Waals surface area contributed by atoms with E-state index in [1.165, 1.54) is 32.9 Å². The van der Waals surface area contributed by atoms with Crippen molar-refractivity contribution in [1.29, 1.82) is 0 Å². The summed E-state index contributed by atoms with van der Waals surface area (Å²) in [4.78, 5) is 42.0. The van der Waals surface area contributed by atoms with Gasteiger partial charge in [-0.25, -0.2) is 46.4 Å². The van der Waals surface area contributed by atoms with Crippen LogP contribution in [0.2, 0.25) is 5.28 Å². The highest BCUT2D eigenvalue weighted by molar-refractivity contribution is 7.89. The fourth-order valence-corrected chi connectivity index (χ4v) is 15.5. The summed E-state index contributed by atoms with van der Waals surface area (Å²) in [5.74, 6) is 3.25. The van der Waals surface area contributed by atoms with Crippen molar-refractivity contribution in [3.63, 3.8) is 0 Å². The molecule has 103 heavy (non-hydrogen) atoms. The Morgan fingerprint density at radius 1 is 0.583 bits per heavy atom. The van der Waals surface area contributed by atoms with Crippen LogP contribution in [-0.4, -0.2) is 209 Å². The van der Waals surface area contributed by atoms with E-state index < -0.39 is 75.0 Å². The van der Waals surface area contributed by atoms with E-state index in [9.17, 15) is 36.6 Å². The van der Waals surface area contributed by atoms with Crippen LogP contribution in [0, 0.1) is 23.7 Å². The lowest BCUT2D eigenvalue weighted by Crippen LogP contribution is -2.51. The van der Waals surface area contributed by atoms with Gasteiger partial charge in [0.2, 0.25) is 44.9 Å². The topological polar surface area (TPSA) is 374 Å². The van der Waals surface area contributed by atoms with Gasteiger partial charge in [0.15, 0.2) is 35.6 Å². The number of nitrogens with two attached hydrogens (primary N) is 1. The Morgan fingerprint density at radius 3 is 1.43 bits per heavy atom. The van der Waals surface area contributed by atoms with Gasteiger partial charge in [0.25, 0.3) is 0 Å². The molecule has 7 N–H and O–H groups in total. The standard InChI is InChI=1S/C35H45N5O10S.C31H43N3O10S.C4H3ClN2/c1-23(2)19-40(51(43,44)26-9-10-30-31(18-26)49-22-48-30)20-29(41)28(39-35(42)50-32-21-47-33-27(32)11-16-46-33)17-24-5-7-25(8-6-24)45-15-4-14-38-34-36-12-3-13-37-34;1-20(2)16-34(45(37,38)23-8-9-27-28(15-23)43-19-42-27)17-26(35)25(14-21-4-6-22(7-5-21)39-12-3-11-32)33-31(36)44-29-18-41-30-24(29)10-13-40-30;5-4-6-2-1-3-7-4/h3,5-10,12-13,18,23,27-29,32-33,41H,4,11,14-17,19-22H2,1-2H3,(H,39,42)(H,36,37,38);4-9,15,20,24-26,29-30,35H,3,10-14,16-19,32H2,1-2H3,(H,33,36);1-3H/t27-,28-,29+,32+,33+;24-,25-,26+,29-,30+;/m00./s1. The number of aliphatic hydroxyl groups excluding tert-OH is 2. The molecule has 8 heterocycles. The van der Waals surface area contributed by atoms with Crippen molar-refractivity contribution in [3.05, 3.63) is 138 Å². The number of carbonyl (C=O) groups excluding carboxylic acids is 2. The lowest BCUT2D eigenvalue weighted by molar-refractivity contribution is -0.0909. The summed E-state index contributed by atoms with van der Waals surface area (Å²) in [6.07, 6.45) is 3.98. The van der Waals surface area contributed by atoms with Crippen molar-refractivity contribution < 1.29 is 93.5 Å². The molecule has 0 aliphatic carbocycles. The van der Waals surface area contributed by atoms with Crippen LogP contribution in [0.5, 0.6) is 34.5 Å². The van der Waals surface area contributed by atoms with E-state index in [2.05, 4.69) is 35.9 Å². The average molecular weight is 1490 g/mol. The Hall–Kier alpha value is -7.99. The number of hydrogen-bond acceptors (Lipinski definition) is 26. The number of nitrogens with one attached hydrogen (secondary N) is 3. The maximum absolute atomic E-state index is 13.9. The summed E-state index contributed by atoms with van der Waals surface area (Å²) in [6, 6.07) is 25.1. The molecule has 560 valence electrons. The molecule has 12 rings (SSSR count). The molecule has 4 aromatic carbocycles. The second kappa shape index (κ2) is 37.6. The van der Waals surface area contributed by atoms with Crippen molar-refractivity contribution in [2.75, 3.05) is 97.8 Å². The molecule has 2 amide bonds. The molecule has 0 bridgehead atoms. The van der Waals surface area contributed by atoms with Crippen LogP contribution in [0.4, 0.5) is 15.5 Å². The summed E-state index contributed by atoms with van der Waals surface area (Å²) < 4.78 is 125. The number of rotatable bonds is 32. The molecular weight excluding hydrogens is 1400 g/mol. The highest BCUT2D eigenvalue weighted by Crippen LogP contribution is 2.38. The fraction of sp³-hybridized carbons (Fsp3) is 0.514. The van der Waals surface area contributed by atoms with Crippen molar-refractivity contribution in [1.82, 2.24) is 39.2 Å². The van der Waals surface area contributed by atoms with Gasteiger partial charge < -0.3 is 88.7 Å². The van der Waals surface area contributed by atoms with Gasteiger partial charge >= 0.3 is 12.2 Å². The second-order valence-electron chi connectivity index (χ2n) is 25.9. The predicted octanol–water partition coefficient (Wildman–Crippen LogP) is 6.57. The number of fused-ring (bicyclic) bond motifs is 4. The maximum atomic E-state index is 13.9. The molecule has 0 spiro atoms. The number of anilines is 1. The third-order valence-electron chi connectivity index (χ3n) is 17.3. The third kappa shape index (κ3) is 22.3. The van der Waals surface area contributed by atoms with Gasteiger partial charge in [0, 0.05) is 69.6 Å². The van der Waals surface area contributed by atoms with Gasteiger partial charge in [-0.1, -0.05) is 52.0 Å². The molecule has 30 nitrogen and oxygen atoms in total. The van der Waals surface area contributed by atoms with Gasteiger partial charge in [-0.05, 0) is 140 Å². The van der Waals surface area contributed by atoms with E-state index >= 15 is 0 Å². The van der Waals surface area contributed by atoms with Crippen LogP contribution in [0.25, 0.3) is 0 Å². The summed E-state index contributed by atoms with van der Waals surface area (Å²) in [6.45, 7) is 10.9. The van der Waals surface area contributed by atoms with Crippen molar-refractivity contribution in [3.8, 4) is 34.5 Å². The van der Waals surface area contributed by atoms with E-state index in [-0.39, 0.29) is 106 Å². The number of amides is 2. The second-order valence-corrected chi connectivity index (χ2v) is 30.2. The Kier molecular flexibility index (Phi) is 28.4. The third-order valence-corrected chi connectivity index (χ3v) is 21.1. The molecule has 6 aliphatic heterocycles. The molecule has 0 radical (unpaired) electrons. The zero-order chi connectivity index (χ0) is 72.9. The van der Waals surface area contributed by atoms with E-state index in [4.69, 9.17) is 74.2 Å². The Labute approximate surface area is 604 Å². The quantitative estimate of drug-likeness (QED) is 0.0192. The summed E-state index contributed by atoms with van der Waals surface area (Å²) >= 11 is 5.32. The Bertz CT molecular complexity index is 3890. The number of sulfonamides is 2. The average Bonchev–Trinajstić information content (AvgIpc) is 1.46. The van der Waals surface area contributed by atoms with Gasteiger partial charge in [-0.3, -0.25) is 0 Å². The Balaban J connectivity index is 0.000000203. The fourth-order valence-electron chi connectivity index (χ4n) is 12.1. The van der Waals surface area contributed by atoms with E-state index in [0.717, 1.165) is 30.4 Å². The van der Waals surface area contributed by atoms with Crippen molar-refractivity contribution in [2.24, 2.45) is 29.4 Å². The van der Waals surface area contributed by atoms with Gasteiger partial charge in [-0.2, -0.15) is 8.61 Å².